The van der Waals surface area contributed by atoms with Gasteiger partial charge in [0.25, 0.3) is 0 Å². The van der Waals surface area contributed by atoms with Gasteiger partial charge in [-0.25, -0.2) is 8.78 Å². The summed E-state index contributed by atoms with van der Waals surface area (Å²) in [6.45, 7) is 0. The van der Waals surface area contributed by atoms with E-state index in [1.54, 1.807) is 28.8 Å². The highest BCUT2D eigenvalue weighted by molar-refractivity contribution is 7.97. The first-order valence-electron chi connectivity index (χ1n) is 6.99. The molecule has 0 amide bonds. The molecule has 0 aliphatic rings. The van der Waals surface area contributed by atoms with E-state index < -0.39 is 0 Å². The molecule has 3 nitrogen and oxygen atoms in total. The molecule has 0 atom stereocenters. The minimum atomic E-state index is -0.372. The number of benzene rings is 2. The average Bonchev–Trinajstić information content (AvgIpc) is 2.91. The SMILES string of the molecule is Fc1ccc(CSCc2n[nH]c(=S)n2-c2ccccc2F)c(Cl)c1. The standard InChI is InChI=1S/C16H12ClF2N3S2/c17-12-7-11(18)6-5-10(12)8-24-9-15-20-21-16(23)22(15)14-4-2-1-3-13(14)19/h1-7H,8-9H2,(H,21,23). The second-order valence-electron chi connectivity index (χ2n) is 4.96. The maximum Gasteiger partial charge on any atom is 0.199 e. The van der Waals surface area contributed by atoms with E-state index in [-0.39, 0.29) is 11.6 Å². The number of nitrogens with one attached hydrogen (secondary N) is 1. The molecule has 0 radical (unpaired) electrons. The smallest absolute Gasteiger partial charge is 0.199 e. The lowest BCUT2D eigenvalue weighted by Gasteiger charge is -2.08. The quantitative estimate of drug-likeness (QED) is 0.607. The third-order valence-electron chi connectivity index (χ3n) is 3.34. The zero-order valence-electron chi connectivity index (χ0n) is 12.3. The van der Waals surface area contributed by atoms with Crippen LogP contribution in [0.15, 0.2) is 42.5 Å². The minimum Gasteiger partial charge on any atom is -0.268 e. The number of para-hydroxylation sites is 1. The van der Waals surface area contributed by atoms with Gasteiger partial charge in [0.15, 0.2) is 4.77 Å². The summed E-state index contributed by atoms with van der Waals surface area (Å²) >= 11 is 12.7. The van der Waals surface area contributed by atoms with Crippen LogP contribution in [-0.4, -0.2) is 14.8 Å². The Bertz CT molecular complexity index is 924. The molecule has 1 aromatic heterocycles. The maximum atomic E-state index is 14.0. The fourth-order valence-electron chi connectivity index (χ4n) is 2.20. The Morgan fingerprint density at radius 3 is 2.71 bits per heavy atom. The van der Waals surface area contributed by atoms with E-state index >= 15 is 0 Å². The van der Waals surface area contributed by atoms with E-state index in [1.165, 1.54) is 30.0 Å². The van der Waals surface area contributed by atoms with Crippen molar-refractivity contribution in [2.24, 2.45) is 0 Å². The van der Waals surface area contributed by atoms with Crippen molar-refractivity contribution in [1.82, 2.24) is 14.8 Å². The molecule has 0 unspecified atom stereocenters. The van der Waals surface area contributed by atoms with Crippen LogP contribution in [0.1, 0.15) is 11.4 Å². The van der Waals surface area contributed by atoms with Gasteiger partial charge in [-0.3, -0.25) is 9.67 Å². The van der Waals surface area contributed by atoms with Gasteiger partial charge in [0.1, 0.15) is 17.5 Å². The highest BCUT2D eigenvalue weighted by atomic mass is 35.5. The molecule has 1 N–H and O–H groups in total. The molecule has 0 spiro atoms. The molecule has 0 bridgehead atoms. The van der Waals surface area contributed by atoms with Crippen molar-refractivity contribution in [2.75, 3.05) is 0 Å². The lowest BCUT2D eigenvalue weighted by atomic mass is 10.2. The summed E-state index contributed by atoms with van der Waals surface area (Å²) in [5.41, 5.74) is 1.18. The third-order valence-corrected chi connectivity index (χ3v) is 4.94. The zero-order chi connectivity index (χ0) is 17.1. The number of aromatic nitrogens is 3. The largest absolute Gasteiger partial charge is 0.268 e. The third kappa shape index (κ3) is 3.68. The summed E-state index contributed by atoms with van der Waals surface area (Å²) < 4.78 is 29.0. The van der Waals surface area contributed by atoms with Gasteiger partial charge in [-0.05, 0) is 42.0 Å². The van der Waals surface area contributed by atoms with Crippen LogP contribution >= 0.6 is 35.6 Å². The summed E-state index contributed by atoms with van der Waals surface area (Å²) in [4.78, 5) is 0. The highest BCUT2D eigenvalue weighted by Crippen LogP contribution is 2.25. The lowest BCUT2D eigenvalue weighted by Crippen LogP contribution is -2.03. The van der Waals surface area contributed by atoms with Gasteiger partial charge in [0.05, 0.1) is 11.4 Å². The Labute approximate surface area is 151 Å². The molecule has 24 heavy (non-hydrogen) atoms. The van der Waals surface area contributed by atoms with Crippen molar-refractivity contribution in [2.45, 2.75) is 11.5 Å². The molecule has 0 aliphatic carbocycles. The van der Waals surface area contributed by atoms with Crippen LogP contribution < -0.4 is 0 Å². The molecular weight excluding hydrogens is 372 g/mol. The summed E-state index contributed by atoms with van der Waals surface area (Å²) in [5.74, 6) is 0.941. The number of rotatable bonds is 5. The van der Waals surface area contributed by atoms with Crippen LogP contribution in [0.5, 0.6) is 0 Å². The summed E-state index contributed by atoms with van der Waals surface area (Å²) in [6, 6.07) is 10.7. The topological polar surface area (TPSA) is 33.6 Å². The first-order valence-corrected chi connectivity index (χ1v) is 8.93. The monoisotopic (exact) mass is 383 g/mol. The van der Waals surface area contributed by atoms with Gasteiger partial charge >= 0.3 is 0 Å². The number of H-pyrrole nitrogens is 1. The Balaban J connectivity index is 1.77. The normalized spacial score (nSPS) is 11.0. The molecule has 0 saturated heterocycles. The molecular formula is C16H12ClF2N3S2. The average molecular weight is 384 g/mol. The van der Waals surface area contributed by atoms with Crippen molar-refractivity contribution in [3.8, 4) is 5.69 Å². The molecule has 3 aromatic rings. The number of thioether (sulfide) groups is 1. The molecule has 8 heteroatoms. The number of halogens is 3. The second-order valence-corrected chi connectivity index (χ2v) is 6.74. The molecule has 0 fully saturated rings. The van der Waals surface area contributed by atoms with Crippen molar-refractivity contribution in [3.63, 3.8) is 0 Å². The van der Waals surface area contributed by atoms with E-state index in [2.05, 4.69) is 10.2 Å². The molecule has 0 aliphatic heterocycles. The number of nitrogens with zero attached hydrogens (tertiary/aromatic N) is 2. The van der Waals surface area contributed by atoms with Crippen LogP contribution in [-0.2, 0) is 11.5 Å². The second kappa shape index (κ2) is 7.46. The minimum absolute atomic E-state index is 0.329. The van der Waals surface area contributed by atoms with Crippen molar-refractivity contribution in [3.05, 3.63) is 75.3 Å². The van der Waals surface area contributed by atoms with Gasteiger partial charge in [0, 0.05) is 10.8 Å². The van der Waals surface area contributed by atoms with Gasteiger partial charge in [-0.2, -0.15) is 5.10 Å². The van der Waals surface area contributed by atoms with Gasteiger partial charge in [0.2, 0.25) is 0 Å². The molecule has 124 valence electrons. The summed E-state index contributed by atoms with van der Waals surface area (Å²) in [7, 11) is 0. The fraction of sp³-hybridized carbons (Fsp3) is 0.125. The Kier molecular flexibility index (Phi) is 5.33. The first kappa shape index (κ1) is 17.1. The van der Waals surface area contributed by atoms with Crippen LogP contribution in [0, 0.1) is 16.4 Å². The van der Waals surface area contributed by atoms with Gasteiger partial charge in [-0.15, -0.1) is 11.8 Å². The highest BCUT2D eigenvalue weighted by Gasteiger charge is 2.12. The summed E-state index contributed by atoms with van der Waals surface area (Å²) in [6.07, 6.45) is 0. The molecule has 3 rings (SSSR count). The lowest BCUT2D eigenvalue weighted by molar-refractivity contribution is 0.615. The Morgan fingerprint density at radius 2 is 1.96 bits per heavy atom. The first-order chi connectivity index (χ1) is 11.6. The predicted octanol–water partition coefficient (Wildman–Crippen LogP) is 5.29. The summed E-state index contributed by atoms with van der Waals surface area (Å²) in [5, 5.41) is 7.24. The van der Waals surface area contributed by atoms with Gasteiger partial charge in [-0.1, -0.05) is 29.8 Å². The Hall–Kier alpha value is -1.70. The van der Waals surface area contributed by atoms with Crippen LogP contribution in [0.3, 0.4) is 0 Å². The molecule has 0 saturated carbocycles. The maximum absolute atomic E-state index is 14.0. The van der Waals surface area contributed by atoms with E-state index in [4.69, 9.17) is 23.8 Å². The van der Waals surface area contributed by atoms with E-state index in [9.17, 15) is 8.78 Å². The fourth-order valence-corrected chi connectivity index (χ4v) is 3.71. The van der Waals surface area contributed by atoms with Crippen molar-refractivity contribution >= 4 is 35.6 Å². The zero-order valence-corrected chi connectivity index (χ0v) is 14.7. The van der Waals surface area contributed by atoms with Gasteiger partial charge < -0.3 is 0 Å². The van der Waals surface area contributed by atoms with Crippen molar-refractivity contribution < 1.29 is 8.78 Å². The van der Waals surface area contributed by atoms with Crippen LogP contribution in [0.4, 0.5) is 8.78 Å². The number of hydrogen-bond acceptors (Lipinski definition) is 3. The molecule has 2 aromatic carbocycles. The van der Waals surface area contributed by atoms with E-state index in [0.717, 1.165) is 5.56 Å². The number of hydrogen-bond donors (Lipinski definition) is 1. The van der Waals surface area contributed by atoms with Crippen LogP contribution in [0.25, 0.3) is 5.69 Å². The predicted molar refractivity (Wildman–Crippen MR) is 95.1 cm³/mol. The van der Waals surface area contributed by atoms with E-state index in [0.29, 0.717) is 32.8 Å². The molecule has 1 heterocycles. The number of aromatic amines is 1. The Morgan fingerprint density at radius 1 is 1.17 bits per heavy atom. The van der Waals surface area contributed by atoms with Crippen LogP contribution in [0.2, 0.25) is 5.02 Å². The van der Waals surface area contributed by atoms with Crippen molar-refractivity contribution in [1.29, 1.82) is 0 Å². The van der Waals surface area contributed by atoms with E-state index in [1.807, 2.05) is 0 Å².